The van der Waals surface area contributed by atoms with Gasteiger partial charge >= 0.3 is 0 Å². The van der Waals surface area contributed by atoms with E-state index in [1.165, 1.54) is 17.7 Å². The van der Waals surface area contributed by atoms with Gasteiger partial charge in [0.25, 0.3) is 5.56 Å². The summed E-state index contributed by atoms with van der Waals surface area (Å²) >= 11 is 5.87. The minimum atomic E-state index is -0.236. The number of nitrogens with zero attached hydrogens (tertiary/aromatic N) is 1. The Kier molecular flexibility index (Phi) is 6.57. The molecule has 0 saturated heterocycles. The maximum absolute atomic E-state index is 12.5. The van der Waals surface area contributed by atoms with Gasteiger partial charge in [0.2, 0.25) is 0 Å². The van der Waals surface area contributed by atoms with Crippen LogP contribution in [0.25, 0.3) is 5.69 Å². The van der Waals surface area contributed by atoms with Crippen molar-refractivity contribution in [1.29, 1.82) is 0 Å². The second-order valence-corrected chi connectivity index (χ2v) is 6.33. The van der Waals surface area contributed by atoms with Gasteiger partial charge in [-0.05, 0) is 35.9 Å². The number of aliphatic hydroxyl groups excluding tert-OH is 1. The number of aromatic nitrogens is 1. The molecule has 0 unspecified atom stereocenters. The highest BCUT2D eigenvalue weighted by Gasteiger charge is 2.09. The van der Waals surface area contributed by atoms with E-state index in [1.54, 1.807) is 42.6 Å². The second-order valence-electron chi connectivity index (χ2n) is 5.89. The number of pyridine rings is 1. The smallest absolute Gasteiger partial charge is 0.258 e. The first-order valence-electron chi connectivity index (χ1n) is 8.63. The van der Waals surface area contributed by atoms with E-state index in [0.29, 0.717) is 34.6 Å². The molecule has 0 atom stereocenters. The molecule has 0 bridgehead atoms. The summed E-state index contributed by atoms with van der Waals surface area (Å²) in [6.07, 6.45) is 1.64. The number of ether oxygens (including phenoxy) is 3. The summed E-state index contributed by atoms with van der Waals surface area (Å²) in [5.74, 6) is 1.45. The molecule has 0 aliphatic heterocycles. The van der Waals surface area contributed by atoms with E-state index in [0.717, 1.165) is 5.56 Å². The van der Waals surface area contributed by atoms with Crippen LogP contribution in [-0.4, -0.2) is 30.0 Å². The summed E-state index contributed by atoms with van der Waals surface area (Å²) in [5, 5.41) is 9.55. The topological polar surface area (TPSA) is 69.9 Å². The lowest BCUT2D eigenvalue weighted by Gasteiger charge is -2.13. The van der Waals surface area contributed by atoms with Crippen LogP contribution in [0.4, 0.5) is 0 Å². The van der Waals surface area contributed by atoms with Crippen molar-refractivity contribution in [3.8, 4) is 22.9 Å². The van der Waals surface area contributed by atoms with Crippen LogP contribution in [0.1, 0.15) is 5.56 Å². The van der Waals surface area contributed by atoms with E-state index in [2.05, 4.69) is 0 Å². The van der Waals surface area contributed by atoms with Crippen LogP contribution >= 0.6 is 11.6 Å². The van der Waals surface area contributed by atoms with Gasteiger partial charge in [0.15, 0.2) is 11.5 Å². The molecule has 146 valence electrons. The number of benzene rings is 2. The Morgan fingerprint density at radius 2 is 1.79 bits per heavy atom. The zero-order valence-electron chi connectivity index (χ0n) is 15.3. The highest BCUT2D eigenvalue weighted by atomic mass is 35.5. The Labute approximate surface area is 167 Å². The summed E-state index contributed by atoms with van der Waals surface area (Å²) in [4.78, 5) is 12.5. The van der Waals surface area contributed by atoms with E-state index in [1.807, 2.05) is 12.1 Å². The van der Waals surface area contributed by atoms with E-state index < -0.39 is 0 Å². The van der Waals surface area contributed by atoms with Gasteiger partial charge in [-0.1, -0.05) is 23.7 Å². The molecule has 0 radical (unpaired) electrons. The molecule has 3 rings (SSSR count). The second kappa shape index (κ2) is 9.30. The molecule has 0 fully saturated rings. The number of rotatable bonds is 8. The van der Waals surface area contributed by atoms with Crippen molar-refractivity contribution < 1.29 is 19.3 Å². The van der Waals surface area contributed by atoms with Gasteiger partial charge in [0.05, 0.1) is 19.4 Å². The van der Waals surface area contributed by atoms with Crippen LogP contribution in [0.15, 0.2) is 65.6 Å². The molecule has 1 heterocycles. The molecule has 28 heavy (non-hydrogen) atoms. The fraction of sp³-hybridized carbons (Fsp3) is 0.190. The maximum atomic E-state index is 12.5. The quantitative estimate of drug-likeness (QED) is 0.626. The molecule has 1 aromatic heterocycles. The SMILES string of the molecule is COc1cc(-n2ccc(OCc3ccc(Cl)cc3)cc2=O)ccc1OCCO. The molecule has 0 saturated carbocycles. The highest BCUT2D eigenvalue weighted by molar-refractivity contribution is 6.30. The van der Waals surface area contributed by atoms with Crippen molar-refractivity contribution >= 4 is 11.6 Å². The molecule has 0 amide bonds. The summed E-state index contributed by atoms with van der Waals surface area (Å²) in [6, 6.07) is 15.6. The van der Waals surface area contributed by atoms with Crippen LogP contribution < -0.4 is 19.8 Å². The summed E-state index contributed by atoms with van der Waals surface area (Å²) < 4.78 is 17.9. The Balaban J connectivity index is 1.76. The fourth-order valence-corrected chi connectivity index (χ4v) is 2.72. The molecule has 6 nitrogen and oxygen atoms in total. The minimum Gasteiger partial charge on any atom is -0.493 e. The molecular weight excluding hydrogens is 382 g/mol. The summed E-state index contributed by atoms with van der Waals surface area (Å²) in [5.41, 5.74) is 1.35. The van der Waals surface area contributed by atoms with Crippen molar-refractivity contribution in [1.82, 2.24) is 4.57 Å². The van der Waals surface area contributed by atoms with Crippen molar-refractivity contribution in [2.24, 2.45) is 0 Å². The molecule has 2 aromatic carbocycles. The molecule has 7 heteroatoms. The molecule has 1 N–H and O–H groups in total. The van der Waals surface area contributed by atoms with Crippen molar-refractivity contribution in [2.45, 2.75) is 6.61 Å². The standard InChI is InChI=1S/C21H20ClNO5/c1-26-20-12-17(6-7-19(20)27-11-10-24)23-9-8-18(13-21(23)25)28-14-15-2-4-16(22)5-3-15/h2-9,12-13,24H,10-11,14H2,1H3. The van der Waals surface area contributed by atoms with Gasteiger partial charge in [-0.2, -0.15) is 0 Å². The van der Waals surface area contributed by atoms with Gasteiger partial charge in [0, 0.05) is 23.4 Å². The third-order valence-electron chi connectivity index (χ3n) is 3.98. The van der Waals surface area contributed by atoms with Crippen molar-refractivity contribution in [3.05, 3.63) is 81.7 Å². The van der Waals surface area contributed by atoms with Crippen molar-refractivity contribution in [3.63, 3.8) is 0 Å². The average Bonchev–Trinajstić information content (AvgIpc) is 2.72. The largest absolute Gasteiger partial charge is 0.493 e. The van der Waals surface area contributed by atoms with Crippen LogP contribution in [0, 0.1) is 0 Å². The normalized spacial score (nSPS) is 10.5. The Bertz CT molecular complexity index is 985. The van der Waals surface area contributed by atoms with E-state index in [4.69, 9.17) is 30.9 Å². The molecule has 0 aliphatic rings. The Hall–Kier alpha value is -2.96. The maximum Gasteiger partial charge on any atom is 0.258 e. The molecule has 0 aliphatic carbocycles. The number of hydrogen-bond donors (Lipinski definition) is 1. The highest BCUT2D eigenvalue weighted by Crippen LogP contribution is 2.29. The lowest BCUT2D eigenvalue weighted by Crippen LogP contribution is -2.17. The van der Waals surface area contributed by atoms with Crippen molar-refractivity contribution in [2.75, 3.05) is 20.3 Å². The first kappa shape index (κ1) is 19.8. The van der Waals surface area contributed by atoms with E-state index >= 15 is 0 Å². The number of methoxy groups -OCH3 is 1. The predicted octanol–water partition coefficient (Wildman–Crippen LogP) is 3.45. The number of halogens is 1. The molecule has 3 aromatic rings. The predicted molar refractivity (Wildman–Crippen MR) is 107 cm³/mol. The van der Waals surface area contributed by atoms with Crippen LogP contribution in [0.3, 0.4) is 0 Å². The monoisotopic (exact) mass is 401 g/mol. The van der Waals surface area contributed by atoms with Crippen LogP contribution in [0.2, 0.25) is 5.02 Å². The van der Waals surface area contributed by atoms with Gasteiger partial charge in [-0.25, -0.2) is 0 Å². The van der Waals surface area contributed by atoms with Gasteiger partial charge < -0.3 is 19.3 Å². The summed E-state index contributed by atoms with van der Waals surface area (Å²) in [6.45, 7) is 0.405. The third-order valence-corrected chi connectivity index (χ3v) is 4.24. The van der Waals surface area contributed by atoms with E-state index in [-0.39, 0.29) is 18.8 Å². The van der Waals surface area contributed by atoms with Gasteiger partial charge in [-0.3, -0.25) is 9.36 Å². The first-order chi connectivity index (χ1) is 13.6. The number of hydrogen-bond acceptors (Lipinski definition) is 5. The summed E-state index contributed by atoms with van der Waals surface area (Å²) in [7, 11) is 1.52. The van der Waals surface area contributed by atoms with Gasteiger partial charge in [0.1, 0.15) is 19.0 Å². The Morgan fingerprint density at radius 3 is 2.46 bits per heavy atom. The third kappa shape index (κ3) is 4.85. The van der Waals surface area contributed by atoms with Crippen LogP contribution in [-0.2, 0) is 6.61 Å². The lowest BCUT2D eigenvalue weighted by atomic mass is 10.2. The Morgan fingerprint density at radius 1 is 1.00 bits per heavy atom. The van der Waals surface area contributed by atoms with Crippen LogP contribution in [0.5, 0.6) is 17.2 Å². The van der Waals surface area contributed by atoms with Gasteiger partial charge in [-0.15, -0.1) is 0 Å². The molecule has 0 spiro atoms. The average molecular weight is 402 g/mol. The lowest BCUT2D eigenvalue weighted by molar-refractivity contribution is 0.196. The zero-order chi connectivity index (χ0) is 19.9. The molecular formula is C21H20ClNO5. The minimum absolute atomic E-state index is 0.0954. The first-order valence-corrected chi connectivity index (χ1v) is 9.00. The van der Waals surface area contributed by atoms with E-state index in [9.17, 15) is 4.79 Å². The fourth-order valence-electron chi connectivity index (χ4n) is 2.59. The number of aliphatic hydroxyl groups is 1. The zero-order valence-corrected chi connectivity index (χ0v) is 16.1.